The maximum Gasteiger partial charge on any atom is 0.231 e. The minimum absolute atomic E-state index is 0.0317. The first-order valence-electron chi connectivity index (χ1n) is 9.30. The van der Waals surface area contributed by atoms with Gasteiger partial charge in [0.2, 0.25) is 12.7 Å². The average molecular weight is 396 g/mol. The Labute approximate surface area is 167 Å². The van der Waals surface area contributed by atoms with E-state index in [1.165, 1.54) is 0 Å². The molecule has 0 radical (unpaired) electrons. The Hall–Kier alpha value is -2.79. The first-order chi connectivity index (χ1) is 13.6. The second kappa shape index (κ2) is 6.67. The largest absolute Gasteiger partial charge is 0.454 e. The van der Waals surface area contributed by atoms with Gasteiger partial charge in [-0.25, -0.2) is 0 Å². The third-order valence-electron chi connectivity index (χ3n) is 5.68. The Bertz CT molecular complexity index is 1030. The molecule has 2 aromatic carbocycles. The number of Topliss-reactive ketones (excluding diaryl/α,β-unsaturated/α-hetero) is 1. The summed E-state index contributed by atoms with van der Waals surface area (Å²) in [4.78, 5) is 25.6. The van der Waals surface area contributed by atoms with Crippen molar-refractivity contribution in [3.63, 3.8) is 0 Å². The number of carbonyl (C=O) groups excluding carboxylic acids is 2. The zero-order valence-electron chi connectivity index (χ0n) is 15.0. The molecule has 1 amide bonds. The second-order valence-corrected chi connectivity index (χ2v) is 7.77. The summed E-state index contributed by atoms with van der Waals surface area (Å²) in [5.41, 5.74) is 3.28. The molecule has 2 aliphatic heterocycles. The number of hydrogen-bond donors (Lipinski definition) is 1. The van der Waals surface area contributed by atoms with Crippen LogP contribution in [0.4, 0.5) is 0 Å². The molecule has 2 atom stereocenters. The predicted octanol–water partition coefficient (Wildman–Crippen LogP) is 4.07. The van der Waals surface area contributed by atoms with Crippen LogP contribution < -0.4 is 14.8 Å². The Kier molecular flexibility index (Phi) is 4.13. The predicted molar refractivity (Wildman–Crippen MR) is 104 cm³/mol. The quantitative estimate of drug-likeness (QED) is 0.832. The molecule has 5 nitrogen and oxygen atoms in total. The van der Waals surface area contributed by atoms with Crippen molar-refractivity contribution in [2.45, 2.75) is 31.1 Å². The van der Waals surface area contributed by atoms with Gasteiger partial charge in [0, 0.05) is 35.1 Å². The number of rotatable bonds is 2. The lowest BCUT2D eigenvalue weighted by Crippen LogP contribution is -2.38. The van der Waals surface area contributed by atoms with Crippen LogP contribution in [0.25, 0.3) is 0 Å². The van der Waals surface area contributed by atoms with Crippen molar-refractivity contribution in [2.75, 3.05) is 6.79 Å². The standard InChI is InChI=1S/C22H18ClNO4/c23-16-4-2-1-3-14(16)13-7-17-22(18(25)8-13)15(10-21(26)24-17)12-5-6-19-20(9-12)28-11-27-19/h1-6,9,13,15H,7-8,10-11H2,(H,24,26)/t13-,15-/m1/s1. The lowest BCUT2D eigenvalue weighted by molar-refractivity contribution is -0.122. The van der Waals surface area contributed by atoms with Crippen LogP contribution in [-0.4, -0.2) is 18.5 Å². The van der Waals surface area contributed by atoms with Gasteiger partial charge < -0.3 is 14.8 Å². The number of benzene rings is 2. The van der Waals surface area contributed by atoms with Crippen molar-refractivity contribution in [3.8, 4) is 11.5 Å². The van der Waals surface area contributed by atoms with Crippen LogP contribution in [0.15, 0.2) is 53.7 Å². The molecule has 2 heterocycles. The van der Waals surface area contributed by atoms with Crippen molar-refractivity contribution in [3.05, 3.63) is 69.9 Å². The third kappa shape index (κ3) is 2.87. The molecule has 2 aromatic rings. The number of carbonyl (C=O) groups is 2. The van der Waals surface area contributed by atoms with Gasteiger partial charge in [-0.15, -0.1) is 0 Å². The average Bonchev–Trinajstić information content (AvgIpc) is 3.15. The number of ketones is 1. The van der Waals surface area contributed by atoms with Gasteiger partial charge in [0.25, 0.3) is 0 Å². The van der Waals surface area contributed by atoms with Crippen LogP contribution >= 0.6 is 11.6 Å². The summed E-state index contributed by atoms with van der Waals surface area (Å²) in [5.74, 6) is 1.03. The minimum atomic E-state index is -0.266. The number of halogens is 1. The van der Waals surface area contributed by atoms with Crippen LogP contribution in [0.5, 0.6) is 11.5 Å². The van der Waals surface area contributed by atoms with E-state index in [0.29, 0.717) is 34.9 Å². The molecular formula is C22H18ClNO4. The monoisotopic (exact) mass is 395 g/mol. The van der Waals surface area contributed by atoms with Gasteiger partial charge >= 0.3 is 0 Å². The number of allylic oxidation sites excluding steroid dienone is 2. The zero-order valence-corrected chi connectivity index (χ0v) is 15.8. The van der Waals surface area contributed by atoms with Crippen molar-refractivity contribution in [1.29, 1.82) is 0 Å². The van der Waals surface area contributed by atoms with Crippen LogP contribution in [-0.2, 0) is 9.59 Å². The Morgan fingerprint density at radius 1 is 0.964 bits per heavy atom. The fourth-order valence-corrected chi connectivity index (χ4v) is 4.69. The second-order valence-electron chi connectivity index (χ2n) is 7.36. The fraction of sp³-hybridized carbons (Fsp3) is 0.273. The molecule has 0 fully saturated rings. The first-order valence-corrected chi connectivity index (χ1v) is 9.68. The van der Waals surface area contributed by atoms with Crippen molar-refractivity contribution >= 4 is 23.3 Å². The van der Waals surface area contributed by atoms with Gasteiger partial charge in [-0.1, -0.05) is 35.9 Å². The summed E-state index contributed by atoms with van der Waals surface area (Å²) in [6.45, 7) is 0.191. The molecule has 0 unspecified atom stereocenters. The third-order valence-corrected chi connectivity index (χ3v) is 6.02. The summed E-state index contributed by atoms with van der Waals surface area (Å²) in [5, 5.41) is 3.59. The molecule has 28 heavy (non-hydrogen) atoms. The molecule has 0 aromatic heterocycles. The summed E-state index contributed by atoms with van der Waals surface area (Å²) in [6.07, 6.45) is 1.23. The maximum atomic E-state index is 13.1. The van der Waals surface area contributed by atoms with Gasteiger partial charge in [-0.05, 0) is 41.7 Å². The first kappa shape index (κ1) is 17.3. The number of amides is 1. The Morgan fingerprint density at radius 2 is 1.79 bits per heavy atom. The molecule has 5 rings (SSSR count). The van der Waals surface area contributed by atoms with E-state index in [4.69, 9.17) is 21.1 Å². The molecule has 3 aliphatic rings. The van der Waals surface area contributed by atoms with E-state index >= 15 is 0 Å². The Balaban J connectivity index is 1.53. The van der Waals surface area contributed by atoms with E-state index in [1.807, 2.05) is 42.5 Å². The molecule has 1 aliphatic carbocycles. The van der Waals surface area contributed by atoms with E-state index in [-0.39, 0.29) is 36.7 Å². The van der Waals surface area contributed by atoms with Crippen LogP contribution in [0.1, 0.15) is 42.2 Å². The topological polar surface area (TPSA) is 64.6 Å². The lowest BCUT2D eigenvalue weighted by atomic mass is 9.73. The lowest BCUT2D eigenvalue weighted by Gasteiger charge is -2.34. The summed E-state index contributed by atoms with van der Waals surface area (Å²) in [7, 11) is 0. The molecule has 6 heteroatoms. The highest BCUT2D eigenvalue weighted by Crippen LogP contribution is 2.45. The fourth-order valence-electron chi connectivity index (χ4n) is 4.40. The summed E-state index contributed by atoms with van der Waals surface area (Å²) < 4.78 is 10.8. The number of ether oxygens (including phenoxy) is 2. The molecule has 1 N–H and O–H groups in total. The minimum Gasteiger partial charge on any atom is -0.454 e. The van der Waals surface area contributed by atoms with Gasteiger partial charge in [-0.2, -0.15) is 0 Å². The van der Waals surface area contributed by atoms with Crippen molar-refractivity contribution < 1.29 is 19.1 Å². The van der Waals surface area contributed by atoms with E-state index in [2.05, 4.69) is 5.32 Å². The van der Waals surface area contributed by atoms with Crippen LogP contribution in [0.2, 0.25) is 5.02 Å². The number of nitrogens with one attached hydrogen (secondary N) is 1. The van der Waals surface area contributed by atoms with Crippen LogP contribution in [0, 0.1) is 0 Å². The van der Waals surface area contributed by atoms with E-state index in [1.54, 1.807) is 0 Å². The highest BCUT2D eigenvalue weighted by atomic mass is 35.5. The smallest absolute Gasteiger partial charge is 0.231 e. The van der Waals surface area contributed by atoms with Gasteiger partial charge in [0.1, 0.15) is 0 Å². The van der Waals surface area contributed by atoms with Gasteiger partial charge in [-0.3, -0.25) is 9.59 Å². The Morgan fingerprint density at radius 3 is 2.64 bits per heavy atom. The molecule has 142 valence electrons. The molecule has 0 bridgehead atoms. The van der Waals surface area contributed by atoms with E-state index < -0.39 is 0 Å². The summed E-state index contributed by atoms with van der Waals surface area (Å²) >= 11 is 6.35. The van der Waals surface area contributed by atoms with Gasteiger partial charge in [0.15, 0.2) is 17.3 Å². The molecule has 0 saturated heterocycles. The zero-order chi connectivity index (χ0) is 19.3. The molecule has 0 spiro atoms. The van der Waals surface area contributed by atoms with Crippen molar-refractivity contribution in [2.24, 2.45) is 0 Å². The van der Waals surface area contributed by atoms with E-state index in [9.17, 15) is 9.59 Å². The maximum absolute atomic E-state index is 13.1. The highest BCUT2D eigenvalue weighted by Gasteiger charge is 2.39. The van der Waals surface area contributed by atoms with Crippen molar-refractivity contribution in [1.82, 2.24) is 5.32 Å². The van der Waals surface area contributed by atoms with Gasteiger partial charge in [0.05, 0.1) is 0 Å². The molecule has 0 saturated carbocycles. The normalized spacial score (nSPS) is 23.5. The summed E-state index contributed by atoms with van der Waals surface area (Å²) in [6, 6.07) is 13.2. The van der Waals surface area contributed by atoms with Crippen LogP contribution in [0.3, 0.4) is 0 Å². The number of hydrogen-bond acceptors (Lipinski definition) is 4. The van der Waals surface area contributed by atoms with E-state index in [0.717, 1.165) is 16.8 Å². The molecular weight excluding hydrogens is 378 g/mol. The number of fused-ring (bicyclic) bond motifs is 1. The highest BCUT2D eigenvalue weighted by molar-refractivity contribution is 6.31. The SMILES string of the molecule is O=C1C[C@H](c2ccc3c(c2)OCO3)C2=C(C[C@@H](c3ccccc3Cl)CC2=O)N1.